The molecule has 4 rings (SSSR count). The first-order valence-electron chi connectivity index (χ1n) is 11.3. The first-order valence-corrected chi connectivity index (χ1v) is 11.3. The molecular formula is C25H31FIN5O. The zero-order chi connectivity index (χ0) is 22.3. The summed E-state index contributed by atoms with van der Waals surface area (Å²) in [5.74, 6) is 0.697. The van der Waals surface area contributed by atoms with Gasteiger partial charge in [0, 0.05) is 56.2 Å². The summed E-state index contributed by atoms with van der Waals surface area (Å²) in [4.78, 5) is 22.2. The van der Waals surface area contributed by atoms with Gasteiger partial charge in [0.25, 0.3) is 0 Å². The van der Waals surface area contributed by atoms with Gasteiger partial charge >= 0.3 is 0 Å². The fourth-order valence-corrected chi connectivity index (χ4v) is 4.11. The number of aromatic amines is 1. The Morgan fingerprint density at radius 1 is 1.15 bits per heavy atom. The van der Waals surface area contributed by atoms with Crippen LogP contribution in [0.1, 0.15) is 36.5 Å². The van der Waals surface area contributed by atoms with Crippen molar-refractivity contribution in [2.24, 2.45) is 4.99 Å². The van der Waals surface area contributed by atoms with Crippen LogP contribution in [0.15, 0.2) is 53.7 Å². The molecule has 3 N–H and O–H groups in total. The molecule has 1 aromatic heterocycles. The SMILES string of the molecule is CCNC(=NCCCC(=O)N1Cc2ccccc2C1)NCCc1c[nH]c2cc(F)ccc12.I. The molecule has 0 saturated carbocycles. The monoisotopic (exact) mass is 563 g/mol. The van der Waals surface area contributed by atoms with Crippen molar-refractivity contribution >= 4 is 46.7 Å². The highest BCUT2D eigenvalue weighted by Crippen LogP contribution is 2.23. The molecule has 33 heavy (non-hydrogen) atoms. The number of guanidine groups is 1. The van der Waals surface area contributed by atoms with Gasteiger partial charge in [-0.3, -0.25) is 9.79 Å². The number of carbonyl (C=O) groups excluding carboxylic acids is 1. The van der Waals surface area contributed by atoms with Crippen LogP contribution >= 0.6 is 24.0 Å². The van der Waals surface area contributed by atoms with Crippen LogP contribution in [0.5, 0.6) is 0 Å². The fraction of sp³-hybridized carbons (Fsp3) is 0.360. The van der Waals surface area contributed by atoms with E-state index < -0.39 is 0 Å². The summed E-state index contributed by atoms with van der Waals surface area (Å²) in [5, 5.41) is 7.63. The molecule has 0 atom stereocenters. The molecule has 0 saturated heterocycles. The van der Waals surface area contributed by atoms with Gasteiger partial charge in [-0.1, -0.05) is 24.3 Å². The minimum Gasteiger partial charge on any atom is -0.361 e. The summed E-state index contributed by atoms with van der Waals surface area (Å²) >= 11 is 0. The van der Waals surface area contributed by atoms with Crippen LogP contribution in [0.2, 0.25) is 0 Å². The Morgan fingerprint density at radius 3 is 2.64 bits per heavy atom. The maximum atomic E-state index is 13.4. The third kappa shape index (κ3) is 6.46. The van der Waals surface area contributed by atoms with Gasteiger partial charge in [0.15, 0.2) is 5.96 Å². The number of halogens is 2. The first kappa shape index (κ1) is 25.0. The maximum Gasteiger partial charge on any atom is 0.223 e. The van der Waals surface area contributed by atoms with Gasteiger partial charge < -0.3 is 20.5 Å². The molecule has 8 heteroatoms. The zero-order valence-corrected chi connectivity index (χ0v) is 21.2. The van der Waals surface area contributed by atoms with Gasteiger partial charge in [0.2, 0.25) is 5.91 Å². The van der Waals surface area contributed by atoms with Crippen molar-refractivity contribution in [3.63, 3.8) is 0 Å². The van der Waals surface area contributed by atoms with Crippen LogP contribution in [0.25, 0.3) is 10.9 Å². The number of rotatable bonds is 8. The fourth-order valence-electron chi connectivity index (χ4n) is 4.11. The molecule has 6 nitrogen and oxygen atoms in total. The number of benzene rings is 2. The highest BCUT2D eigenvalue weighted by molar-refractivity contribution is 14.0. The molecule has 0 radical (unpaired) electrons. The zero-order valence-electron chi connectivity index (χ0n) is 18.9. The Bertz CT molecular complexity index is 1090. The Morgan fingerprint density at radius 2 is 1.91 bits per heavy atom. The second-order valence-corrected chi connectivity index (χ2v) is 8.06. The highest BCUT2D eigenvalue weighted by Gasteiger charge is 2.22. The molecule has 0 unspecified atom stereocenters. The standard InChI is InChI=1S/C25H30FN5O.HI/c1-2-27-25(29-13-11-18-15-30-23-14-21(26)9-10-22(18)23)28-12-5-8-24(32)31-16-19-6-3-4-7-20(19)17-31;/h3-4,6-7,9-10,14-15,30H,2,5,8,11-13,16-17H2,1H3,(H2,27,28,29);1H. The highest BCUT2D eigenvalue weighted by atomic mass is 127. The van der Waals surface area contributed by atoms with E-state index in [2.05, 4.69) is 32.7 Å². The lowest BCUT2D eigenvalue weighted by Crippen LogP contribution is -2.38. The van der Waals surface area contributed by atoms with E-state index in [-0.39, 0.29) is 35.7 Å². The Kier molecular flexibility index (Phi) is 9.11. The second kappa shape index (κ2) is 12.0. The molecule has 3 aromatic rings. The van der Waals surface area contributed by atoms with Crippen LogP contribution in [0, 0.1) is 5.82 Å². The third-order valence-corrected chi connectivity index (χ3v) is 5.77. The summed E-state index contributed by atoms with van der Waals surface area (Å²) in [6.07, 6.45) is 3.95. The second-order valence-electron chi connectivity index (χ2n) is 8.06. The number of aliphatic imine (C=N–C) groups is 1. The van der Waals surface area contributed by atoms with Gasteiger partial charge in [-0.05, 0) is 54.7 Å². The number of nitrogens with one attached hydrogen (secondary N) is 3. The van der Waals surface area contributed by atoms with E-state index in [0.29, 0.717) is 32.6 Å². The lowest BCUT2D eigenvalue weighted by molar-refractivity contribution is -0.131. The van der Waals surface area contributed by atoms with Crippen LogP contribution in [-0.4, -0.2) is 41.4 Å². The normalized spacial score (nSPS) is 13.0. The molecule has 2 aromatic carbocycles. The number of H-pyrrole nitrogens is 1. The Hall–Kier alpha value is -2.62. The number of aromatic nitrogens is 1. The summed E-state index contributed by atoms with van der Waals surface area (Å²) < 4.78 is 13.4. The Balaban J connectivity index is 0.00000306. The summed E-state index contributed by atoms with van der Waals surface area (Å²) in [7, 11) is 0. The summed E-state index contributed by atoms with van der Waals surface area (Å²) in [6.45, 7) is 5.52. The van der Waals surface area contributed by atoms with E-state index in [1.54, 1.807) is 0 Å². The molecule has 1 aliphatic heterocycles. The summed E-state index contributed by atoms with van der Waals surface area (Å²) in [5.41, 5.74) is 4.45. The number of hydrogen-bond acceptors (Lipinski definition) is 2. The van der Waals surface area contributed by atoms with Crippen molar-refractivity contribution in [3.05, 3.63) is 71.2 Å². The average Bonchev–Trinajstić information content (AvgIpc) is 3.40. The lowest BCUT2D eigenvalue weighted by atomic mass is 10.1. The van der Waals surface area contributed by atoms with Crippen molar-refractivity contribution in [1.82, 2.24) is 20.5 Å². The topological polar surface area (TPSA) is 72.5 Å². The average molecular weight is 563 g/mol. The van der Waals surface area contributed by atoms with Gasteiger partial charge in [0.05, 0.1) is 0 Å². The number of fused-ring (bicyclic) bond motifs is 2. The van der Waals surface area contributed by atoms with Crippen LogP contribution < -0.4 is 10.6 Å². The number of hydrogen-bond donors (Lipinski definition) is 3. The van der Waals surface area contributed by atoms with Crippen LogP contribution in [-0.2, 0) is 24.3 Å². The number of nitrogens with zero attached hydrogens (tertiary/aromatic N) is 2. The molecule has 0 spiro atoms. The van der Waals surface area contributed by atoms with Crippen LogP contribution in [0.4, 0.5) is 4.39 Å². The quantitative estimate of drug-likeness (QED) is 0.165. The van der Waals surface area contributed by atoms with E-state index >= 15 is 0 Å². The predicted molar refractivity (Wildman–Crippen MR) is 141 cm³/mol. The van der Waals surface area contributed by atoms with Crippen LogP contribution in [0.3, 0.4) is 0 Å². The number of amides is 1. The van der Waals surface area contributed by atoms with Crippen molar-refractivity contribution in [3.8, 4) is 0 Å². The maximum absolute atomic E-state index is 13.4. The predicted octanol–water partition coefficient (Wildman–Crippen LogP) is 4.35. The van der Waals surface area contributed by atoms with Gasteiger partial charge in [-0.2, -0.15) is 0 Å². The third-order valence-electron chi connectivity index (χ3n) is 5.77. The van der Waals surface area contributed by atoms with Gasteiger partial charge in [0.1, 0.15) is 5.82 Å². The smallest absolute Gasteiger partial charge is 0.223 e. The molecule has 0 aliphatic carbocycles. The molecule has 0 fully saturated rings. The number of carbonyl (C=O) groups is 1. The first-order chi connectivity index (χ1) is 15.6. The molecule has 2 heterocycles. The van der Waals surface area contributed by atoms with Gasteiger partial charge in [-0.25, -0.2) is 4.39 Å². The molecule has 0 bridgehead atoms. The van der Waals surface area contributed by atoms with Crippen molar-refractivity contribution in [2.45, 2.75) is 39.3 Å². The lowest BCUT2D eigenvalue weighted by Gasteiger charge is -2.15. The molecular weight excluding hydrogens is 532 g/mol. The molecule has 1 aliphatic rings. The Labute approximate surface area is 211 Å². The van der Waals surface area contributed by atoms with Crippen molar-refractivity contribution in [1.29, 1.82) is 0 Å². The van der Waals surface area contributed by atoms with E-state index in [1.165, 1.54) is 23.3 Å². The van der Waals surface area contributed by atoms with E-state index in [9.17, 15) is 9.18 Å². The molecule has 1 amide bonds. The largest absolute Gasteiger partial charge is 0.361 e. The van der Waals surface area contributed by atoms with E-state index in [1.807, 2.05) is 36.2 Å². The minimum absolute atomic E-state index is 0. The van der Waals surface area contributed by atoms with E-state index in [4.69, 9.17) is 0 Å². The molecule has 176 valence electrons. The minimum atomic E-state index is -0.238. The van der Waals surface area contributed by atoms with Crippen molar-refractivity contribution < 1.29 is 9.18 Å². The summed E-state index contributed by atoms with van der Waals surface area (Å²) in [6, 6.07) is 13.0. The van der Waals surface area contributed by atoms with Crippen molar-refractivity contribution in [2.75, 3.05) is 19.6 Å². The van der Waals surface area contributed by atoms with E-state index in [0.717, 1.165) is 41.8 Å². The van der Waals surface area contributed by atoms with Gasteiger partial charge in [-0.15, -0.1) is 24.0 Å².